The van der Waals surface area contributed by atoms with Crippen molar-refractivity contribution in [3.63, 3.8) is 0 Å². The predicted molar refractivity (Wildman–Crippen MR) is 140 cm³/mol. The number of aliphatic hydroxyl groups is 1. The lowest BCUT2D eigenvalue weighted by Crippen LogP contribution is -2.41. The van der Waals surface area contributed by atoms with E-state index in [2.05, 4.69) is 10.6 Å². The zero-order chi connectivity index (χ0) is 26.1. The molecule has 3 amide bonds. The monoisotopic (exact) mass is 512 g/mol. The van der Waals surface area contributed by atoms with Crippen molar-refractivity contribution in [1.29, 1.82) is 0 Å². The molecule has 4 heterocycles. The van der Waals surface area contributed by atoms with Gasteiger partial charge in [-0.3, -0.25) is 14.9 Å². The third kappa shape index (κ3) is 3.04. The summed E-state index contributed by atoms with van der Waals surface area (Å²) in [7, 11) is 1.54. The van der Waals surface area contributed by atoms with Crippen LogP contribution >= 0.6 is 0 Å². The first kappa shape index (κ1) is 22.8. The van der Waals surface area contributed by atoms with Gasteiger partial charge in [-0.05, 0) is 12.1 Å². The molecule has 3 N–H and O–H groups in total. The number of benzene rings is 3. The van der Waals surface area contributed by atoms with E-state index >= 15 is 0 Å². The minimum atomic E-state index is -1.05. The second-order valence-corrected chi connectivity index (χ2v) is 9.67. The smallest absolute Gasteiger partial charge is 0.407 e. The largest absolute Gasteiger partial charge is 0.441 e. The molecule has 2 aliphatic rings. The Labute approximate surface area is 215 Å². The average molecular weight is 513 g/mol. The number of methoxy groups -OCH3 is 1. The van der Waals surface area contributed by atoms with Gasteiger partial charge < -0.3 is 29.0 Å². The lowest BCUT2D eigenvalue weighted by Gasteiger charge is -2.28. The number of aromatic nitrogens is 2. The van der Waals surface area contributed by atoms with Crippen molar-refractivity contribution in [1.82, 2.24) is 19.8 Å². The van der Waals surface area contributed by atoms with Crippen LogP contribution in [0, 0.1) is 0 Å². The van der Waals surface area contributed by atoms with Gasteiger partial charge in [0.1, 0.15) is 12.2 Å². The number of hydrogen-bond donors (Lipinski definition) is 3. The van der Waals surface area contributed by atoms with Gasteiger partial charge in [0.2, 0.25) is 0 Å². The number of ether oxygens (including phenoxy) is 2. The van der Waals surface area contributed by atoms with E-state index < -0.39 is 30.1 Å². The number of carbonyl (C=O) groups is 3. The molecule has 0 spiro atoms. The molecule has 0 saturated carbocycles. The highest BCUT2D eigenvalue weighted by molar-refractivity contribution is 6.39. The van der Waals surface area contributed by atoms with Crippen molar-refractivity contribution in [3.8, 4) is 0 Å². The lowest BCUT2D eigenvalue weighted by molar-refractivity contribution is -0.0127. The Balaban J connectivity index is 1.57. The SMILES string of the molecule is COCCNC(=O)OC1Cn2c3ccccc3c3c4c(c5c6ccccc6n(c5c32)CC1O)C(=O)NC4=O. The molecule has 0 bridgehead atoms. The van der Waals surface area contributed by atoms with Crippen molar-refractivity contribution in [3.05, 3.63) is 59.7 Å². The maximum atomic E-state index is 13.2. The van der Waals surface area contributed by atoms with Crippen molar-refractivity contribution >= 4 is 61.5 Å². The summed E-state index contributed by atoms with van der Waals surface area (Å²) in [4.78, 5) is 39.0. The summed E-state index contributed by atoms with van der Waals surface area (Å²) in [5.74, 6) is -0.859. The van der Waals surface area contributed by atoms with E-state index in [0.29, 0.717) is 28.5 Å². The van der Waals surface area contributed by atoms with Crippen LogP contribution in [0.5, 0.6) is 0 Å². The van der Waals surface area contributed by atoms with Gasteiger partial charge in [0.25, 0.3) is 11.8 Å². The summed E-state index contributed by atoms with van der Waals surface area (Å²) in [6.45, 7) is 0.895. The van der Waals surface area contributed by atoms with Gasteiger partial charge in [-0.2, -0.15) is 0 Å². The number of amides is 3. The van der Waals surface area contributed by atoms with E-state index in [9.17, 15) is 19.5 Å². The van der Waals surface area contributed by atoms with E-state index in [0.717, 1.165) is 32.8 Å². The highest BCUT2D eigenvalue weighted by Gasteiger charge is 2.39. The second-order valence-electron chi connectivity index (χ2n) is 9.67. The molecular weight excluding hydrogens is 488 g/mol. The fourth-order valence-corrected chi connectivity index (χ4v) is 6.07. The molecule has 2 atom stereocenters. The highest BCUT2D eigenvalue weighted by Crippen LogP contribution is 2.45. The van der Waals surface area contributed by atoms with Gasteiger partial charge >= 0.3 is 6.09 Å². The normalized spacial score (nSPS) is 18.8. The van der Waals surface area contributed by atoms with E-state index in [4.69, 9.17) is 9.47 Å². The minimum Gasteiger partial charge on any atom is -0.441 e. The standard InChI is InChI=1S/C28H24N4O6/c1-37-11-10-29-28(36)38-19-13-32-17-9-5-3-7-15(17)21-23-22(26(34)30-27(23)35)20-14-6-2-4-8-16(14)31(12-18(19)33)24(20)25(21)32/h2-9,18-19,33H,10-13H2,1H3,(H,29,36)(H,30,34,35). The number of imide groups is 1. The predicted octanol–water partition coefficient (Wildman–Crippen LogP) is 2.90. The molecule has 10 heteroatoms. The molecule has 0 saturated heterocycles. The lowest BCUT2D eigenvalue weighted by atomic mass is 9.96. The molecule has 2 aromatic heterocycles. The Bertz CT molecular complexity index is 1830. The minimum absolute atomic E-state index is 0.130. The number of fused-ring (bicyclic) bond motifs is 9. The van der Waals surface area contributed by atoms with Gasteiger partial charge in [0.15, 0.2) is 0 Å². The molecule has 0 fully saturated rings. The Morgan fingerprint density at radius 3 is 2.08 bits per heavy atom. The van der Waals surface area contributed by atoms with Crippen molar-refractivity contribution < 1.29 is 29.0 Å². The van der Waals surface area contributed by atoms with Crippen LogP contribution < -0.4 is 10.6 Å². The maximum absolute atomic E-state index is 13.2. The Hall–Kier alpha value is -4.41. The Morgan fingerprint density at radius 1 is 0.947 bits per heavy atom. The van der Waals surface area contributed by atoms with Gasteiger partial charge in [-0.15, -0.1) is 0 Å². The average Bonchev–Trinajstić information content (AvgIpc) is 3.50. The summed E-state index contributed by atoms with van der Waals surface area (Å²) in [6, 6.07) is 15.3. The molecule has 192 valence electrons. The summed E-state index contributed by atoms with van der Waals surface area (Å²) in [5, 5.41) is 19.5. The van der Waals surface area contributed by atoms with Crippen LogP contribution in [-0.2, 0) is 22.6 Å². The van der Waals surface area contributed by atoms with Crippen LogP contribution in [0.25, 0.3) is 43.6 Å². The molecule has 2 aliphatic heterocycles. The van der Waals surface area contributed by atoms with Crippen LogP contribution in [-0.4, -0.2) is 64.6 Å². The Kier molecular flexibility index (Phi) is 4.97. The van der Waals surface area contributed by atoms with E-state index in [-0.39, 0.29) is 19.6 Å². The number of aliphatic hydroxyl groups excluding tert-OH is 1. The number of para-hydroxylation sites is 2. The van der Waals surface area contributed by atoms with Crippen LogP contribution in [0.4, 0.5) is 4.79 Å². The summed E-state index contributed by atoms with van der Waals surface area (Å²) in [5.41, 5.74) is 3.86. The second kappa shape index (κ2) is 8.30. The van der Waals surface area contributed by atoms with Crippen LogP contribution in [0.3, 0.4) is 0 Å². The quantitative estimate of drug-likeness (QED) is 0.251. The molecule has 2 unspecified atom stereocenters. The first-order valence-corrected chi connectivity index (χ1v) is 12.4. The van der Waals surface area contributed by atoms with Crippen molar-refractivity contribution in [2.24, 2.45) is 0 Å². The van der Waals surface area contributed by atoms with E-state index in [1.165, 1.54) is 7.11 Å². The van der Waals surface area contributed by atoms with Gasteiger partial charge in [0.05, 0.1) is 41.9 Å². The zero-order valence-corrected chi connectivity index (χ0v) is 20.5. The van der Waals surface area contributed by atoms with E-state index in [1.54, 1.807) is 0 Å². The molecule has 38 heavy (non-hydrogen) atoms. The molecule has 5 aromatic rings. The third-order valence-electron chi connectivity index (χ3n) is 7.59. The molecule has 0 aliphatic carbocycles. The highest BCUT2D eigenvalue weighted by atomic mass is 16.6. The first-order valence-electron chi connectivity index (χ1n) is 12.4. The van der Waals surface area contributed by atoms with Gasteiger partial charge in [-0.1, -0.05) is 36.4 Å². The molecule has 3 aromatic carbocycles. The van der Waals surface area contributed by atoms with Crippen LogP contribution in [0.15, 0.2) is 48.5 Å². The van der Waals surface area contributed by atoms with Crippen molar-refractivity contribution in [2.75, 3.05) is 20.3 Å². The molecular formula is C28H24N4O6. The van der Waals surface area contributed by atoms with E-state index in [1.807, 2.05) is 57.7 Å². The Morgan fingerprint density at radius 2 is 1.50 bits per heavy atom. The third-order valence-corrected chi connectivity index (χ3v) is 7.59. The molecule has 10 nitrogen and oxygen atoms in total. The number of nitrogens with zero attached hydrogens (tertiary/aromatic N) is 2. The summed E-state index contributed by atoms with van der Waals surface area (Å²) >= 11 is 0. The van der Waals surface area contributed by atoms with Crippen molar-refractivity contribution in [2.45, 2.75) is 25.3 Å². The first-order chi connectivity index (χ1) is 18.5. The number of nitrogens with one attached hydrogen (secondary N) is 2. The number of alkyl carbamates (subject to hydrolysis) is 1. The zero-order valence-electron chi connectivity index (χ0n) is 20.5. The number of hydrogen-bond acceptors (Lipinski definition) is 6. The summed E-state index contributed by atoms with van der Waals surface area (Å²) < 4.78 is 14.7. The fraction of sp³-hybridized carbons (Fsp3) is 0.250. The maximum Gasteiger partial charge on any atom is 0.407 e. The summed E-state index contributed by atoms with van der Waals surface area (Å²) in [6.07, 6.45) is -2.58. The number of carbonyl (C=O) groups excluding carboxylic acids is 3. The molecule has 7 rings (SSSR count). The topological polar surface area (TPSA) is 124 Å². The van der Waals surface area contributed by atoms with Gasteiger partial charge in [-0.25, -0.2) is 4.79 Å². The van der Waals surface area contributed by atoms with Crippen LogP contribution in [0.2, 0.25) is 0 Å². The van der Waals surface area contributed by atoms with Crippen LogP contribution in [0.1, 0.15) is 20.7 Å². The fourth-order valence-electron chi connectivity index (χ4n) is 6.07. The van der Waals surface area contributed by atoms with Gasteiger partial charge in [0, 0.05) is 46.2 Å². The molecule has 0 radical (unpaired) electrons. The number of rotatable bonds is 4.